The Kier molecular flexibility index (Phi) is 4.49. The molecule has 23 heavy (non-hydrogen) atoms. The standard InChI is InChI=1S/C14H16BrN5O2S/c1-20(12-5-6-23(21,22)9-12)14-18-13(8-16-19-14)17-11-4-2-3-10(15)7-11/h2-4,7-8,12H,5-6,9H2,1H3,(H,17,18,19). The molecule has 1 aliphatic rings. The number of nitrogens with one attached hydrogen (secondary N) is 1. The van der Waals surface area contributed by atoms with Gasteiger partial charge in [0.25, 0.3) is 0 Å². The van der Waals surface area contributed by atoms with Crippen molar-refractivity contribution in [2.45, 2.75) is 12.5 Å². The first kappa shape index (κ1) is 16.1. The second kappa shape index (κ2) is 6.40. The minimum atomic E-state index is -2.95. The Bertz CT molecular complexity index is 814. The molecule has 3 rings (SSSR count). The predicted molar refractivity (Wildman–Crippen MR) is 92.7 cm³/mol. The Labute approximate surface area is 143 Å². The van der Waals surface area contributed by atoms with Crippen LogP contribution in [0.4, 0.5) is 17.5 Å². The molecule has 1 fully saturated rings. The highest BCUT2D eigenvalue weighted by Crippen LogP contribution is 2.22. The fourth-order valence-electron chi connectivity index (χ4n) is 2.46. The van der Waals surface area contributed by atoms with Crippen molar-refractivity contribution in [1.29, 1.82) is 0 Å². The molecule has 1 saturated heterocycles. The topological polar surface area (TPSA) is 88.1 Å². The molecule has 0 bridgehead atoms. The molecule has 122 valence electrons. The number of sulfone groups is 1. The Morgan fingerprint density at radius 3 is 2.91 bits per heavy atom. The molecule has 7 nitrogen and oxygen atoms in total. The van der Waals surface area contributed by atoms with Gasteiger partial charge in [-0.05, 0) is 24.6 Å². The molecule has 0 radical (unpaired) electrons. The van der Waals surface area contributed by atoms with Crippen LogP contribution in [0.3, 0.4) is 0 Å². The van der Waals surface area contributed by atoms with Gasteiger partial charge in [0, 0.05) is 23.2 Å². The molecule has 1 N–H and O–H groups in total. The van der Waals surface area contributed by atoms with Crippen molar-refractivity contribution < 1.29 is 8.42 Å². The van der Waals surface area contributed by atoms with Gasteiger partial charge >= 0.3 is 0 Å². The van der Waals surface area contributed by atoms with Gasteiger partial charge in [0.1, 0.15) is 0 Å². The van der Waals surface area contributed by atoms with E-state index in [9.17, 15) is 8.42 Å². The zero-order valence-corrected chi connectivity index (χ0v) is 14.9. The third-order valence-corrected chi connectivity index (χ3v) is 5.96. The fraction of sp³-hybridized carbons (Fsp3) is 0.357. The van der Waals surface area contributed by atoms with E-state index in [2.05, 4.69) is 36.4 Å². The van der Waals surface area contributed by atoms with Gasteiger partial charge in [0.2, 0.25) is 5.95 Å². The van der Waals surface area contributed by atoms with Crippen LogP contribution in [0, 0.1) is 0 Å². The number of rotatable bonds is 4. The van der Waals surface area contributed by atoms with E-state index < -0.39 is 9.84 Å². The van der Waals surface area contributed by atoms with Crippen LogP contribution in [0.25, 0.3) is 0 Å². The third kappa shape index (κ3) is 3.97. The molecule has 1 aliphatic heterocycles. The first-order chi connectivity index (χ1) is 10.9. The minimum Gasteiger partial charge on any atom is -0.339 e. The van der Waals surface area contributed by atoms with Gasteiger partial charge in [0.05, 0.1) is 17.7 Å². The summed E-state index contributed by atoms with van der Waals surface area (Å²) in [6.45, 7) is 0. The summed E-state index contributed by atoms with van der Waals surface area (Å²) in [6.07, 6.45) is 2.12. The number of benzene rings is 1. The van der Waals surface area contributed by atoms with Crippen molar-refractivity contribution in [3.8, 4) is 0 Å². The Morgan fingerprint density at radius 1 is 1.39 bits per heavy atom. The smallest absolute Gasteiger partial charge is 0.247 e. The second-order valence-corrected chi connectivity index (χ2v) is 8.59. The van der Waals surface area contributed by atoms with E-state index in [4.69, 9.17) is 0 Å². The molecule has 1 unspecified atom stereocenters. The number of aromatic nitrogens is 3. The van der Waals surface area contributed by atoms with Gasteiger partial charge in [-0.3, -0.25) is 0 Å². The molecule has 1 aromatic heterocycles. The highest BCUT2D eigenvalue weighted by Gasteiger charge is 2.31. The summed E-state index contributed by atoms with van der Waals surface area (Å²) in [6, 6.07) is 7.58. The van der Waals surface area contributed by atoms with Gasteiger partial charge in [-0.15, -0.1) is 5.10 Å². The third-order valence-electron chi connectivity index (χ3n) is 3.72. The number of halogens is 1. The summed E-state index contributed by atoms with van der Waals surface area (Å²) in [5.74, 6) is 1.31. The summed E-state index contributed by atoms with van der Waals surface area (Å²) < 4.78 is 24.2. The van der Waals surface area contributed by atoms with Crippen LogP contribution < -0.4 is 10.2 Å². The van der Waals surface area contributed by atoms with Gasteiger partial charge < -0.3 is 10.2 Å². The van der Waals surface area contributed by atoms with Crippen molar-refractivity contribution in [2.75, 3.05) is 28.8 Å². The maximum Gasteiger partial charge on any atom is 0.247 e. The first-order valence-corrected chi connectivity index (χ1v) is 9.70. The minimum absolute atomic E-state index is 0.108. The largest absolute Gasteiger partial charge is 0.339 e. The SMILES string of the molecule is CN(c1nncc(Nc2cccc(Br)c2)n1)C1CCS(=O)(=O)C1. The lowest BCUT2D eigenvalue weighted by Gasteiger charge is -2.22. The lowest BCUT2D eigenvalue weighted by molar-refractivity contribution is 0.600. The Balaban J connectivity index is 1.77. The van der Waals surface area contributed by atoms with Gasteiger partial charge in [-0.25, -0.2) is 8.42 Å². The van der Waals surface area contributed by atoms with E-state index in [1.807, 2.05) is 24.3 Å². The lowest BCUT2D eigenvalue weighted by Crippen LogP contribution is -2.34. The molecule has 9 heteroatoms. The lowest BCUT2D eigenvalue weighted by atomic mass is 10.2. The summed E-state index contributed by atoms with van der Waals surface area (Å²) >= 11 is 3.42. The van der Waals surface area contributed by atoms with Crippen LogP contribution in [-0.4, -0.2) is 48.2 Å². The normalized spacial score (nSPS) is 19.5. The molecule has 2 aromatic rings. The quantitative estimate of drug-likeness (QED) is 0.843. The molecular formula is C14H16BrN5O2S. The van der Waals surface area contributed by atoms with Crippen LogP contribution in [0.1, 0.15) is 6.42 Å². The van der Waals surface area contributed by atoms with E-state index >= 15 is 0 Å². The first-order valence-electron chi connectivity index (χ1n) is 7.08. The van der Waals surface area contributed by atoms with Crippen molar-refractivity contribution >= 4 is 43.2 Å². The molecule has 0 aliphatic carbocycles. The van der Waals surface area contributed by atoms with Crippen LogP contribution in [0.5, 0.6) is 0 Å². The summed E-state index contributed by atoms with van der Waals surface area (Å²) in [4.78, 5) is 6.20. The van der Waals surface area contributed by atoms with E-state index in [0.717, 1.165) is 10.2 Å². The van der Waals surface area contributed by atoms with Crippen molar-refractivity contribution in [2.24, 2.45) is 0 Å². The van der Waals surface area contributed by atoms with Gasteiger partial charge in [-0.2, -0.15) is 10.1 Å². The summed E-state index contributed by atoms with van der Waals surface area (Å²) in [5.41, 5.74) is 0.872. The highest BCUT2D eigenvalue weighted by atomic mass is 79.9. The predicted octanol–water partition coefficient (Wildman–Crippen LogP) is 2.00. The zero-order chi connectivity index (χ0) is 16.4. The molecular weight excluding hydrogens is 382 g/mol. The maximum atomic E-state index is 11.6. The van der Waals surface area contributed by atoms with E-state index in [-0.39, 0.29) is 17.5 Å². The van der Waals surface area contributed by atoms with Crippen molar-refractivity contribution in [1.82, 2.24) is 15.2 Å². The molecule has 0 amide bonds. The number of nitrogens with zero attached hydrogens (tertiary/aromatic N) is 4. The molecule has 1 atom stereocenters. The van der Waals surface area contributed by atoms with Crippen molar-refractivity contribution in [3.05, 3.63) is 34.9 Å². The zero-order valence-electron chi connectivity index (χ0n) is 12.5. The maximum absolute atomic E-state index is 11.6. The van der Waals surface area contributed by atoms with E-state index in [0.29, 0.717) is 18.2 Å². The molecule has 0 saturated carbocycles. The Hall–Kier alpha value is -1.74. The van der Waals surface area contributed by atoms with Crippen LogP contribution >= 0.6 is 15.9 Å². The number of anilines is 3. The van der Waals surface area contributed by atoms with E-state index in [1.54, 1.807) is 11.9 Å². The second-order valence-electron chi connectivity index (χ2n) is 5.44. The molecule has 0 spiro atoms. The summed E-state index contributed by atoms with van der Waals surface area (Å²) in [7, 11) is -1.15. The number of hydrogen-bond donors (Lipinski definition) is 1. The average molecular weight is 398 g/mol. The monoisotopic (exact) mass is 397 g/mol. The van der Waals surface area contributed by atoms with Crippen molar-refractivity contribution in [3.63, 3.8) is 0 Å². The van der Waals surface area contributed by atoms with Crippen LogP contribution in [0.15, 0.2) is 34.9 Å². The van der Waals surface area contributed by atoms with E-state index in [1.165, 1.54) is 6.20 Å². The van der Waals surface area contributed by atoms with Crippen LogP contribution in [0.2, 0.25) is 0 Å². The number of hydrogen-bond acceptors (Lipinski definition) is 7. The Morgan fingerprint density at radius 2 is 2.22 bits per heavy atom. The van der Waals surface area contributed by atoms with Gasteiger partial charge in [0.15, 0.2) is 15.7 Å². The average Bonchev–Trinajstić information content (AvgIpc) is 2.87. The highest BCUT2D eigenvalue weighted by molar-refractivity contribution is 9.10. The molecule has 2 heterocycles. The summed E-state index contributed by atoms with van der Waals surface area (Å²) in [5, 5.41) is 11.1. The fourth-order valence-corrected chi connectivity index (χ4v) is 4.64. The van der Waals surface area contributed by atoms with Crippen LogP contribution in [-0.2, 0) is 9.84 Å². The van der Waals surface area contributed by atoms with Gasteiger partial charge in [-0.1, -0.05) is 22.0 Å². The molecule has 1 aromatic carbocycles.